The Labute approximate surface area is 192 Å². The number of nitrogen functional groups attached to an aromatic ring is 1. The highest BCUT2D eigenvalue weighted by atomic mass is 16.3. The highest BCUT2D eigenvalue weighted by Crippen LogP contribution is 2.52. The summed E-state index contributed by atoms with van der Waals surface area (Å²) >= 11 is 0. The summed E-state index contributed by atoms with van der Waals surface area (Å²) in [5.74, 6) is -7.42. The van der Waals surface area contributed by atoms with Gasteiger partial charge in [-0.05, 0) is 42.4 Å². The van der Waals surface area contributed by atoms with Crippen LogP contribution in [0.5, 0.6) is 5.75 Å². The molecule has 5 atom stereocenters. The molecule has 34 heavy (non-hydrogen) atoms. The average Bonchev–Trinajstić information content (AvgIpc) is 2.77. The van der Waals surface area contributed by atoms with Crippen molar-refractivity contribution in [2.75, 3.05) is 5.73 Å². The van der Waals surface area contributed by atoms with Gasteiger partial charge in [0.25, 0.3) is 0 Å². The van der Waals surface area contributed by atoms with Gasteiger partial charge in [-0.1, -0.05) is 6.07 Å². The Morgan fingerprint density at radius 3 is 2.44 bits per heavy atom. The Bertz CT molecular complexity index is 1290. The molecule has 3 aliphatic carbocycles. The minimum atomic E-state index is -2.60. The molecule has 1 heterocycles. The standard InChI is InChI=1S/C23H22N4O7/c24-21(33)17-14(29)5-10-3-8-4-12-11(9-6-26-22(25)27-7-9)1-2-13(28)16(12)18(30)15(8)19(31)23(10,34)20(17)32/h1-2,6-8,10,14,17,28-30,34H,3-5H2,(H2,24,33)(H2,25,26,27)/t8-,10+,14?,17?,23+/m1/s1. The zero-order valence-electron chi connectivity index (χ0n) is 17.8. The number of anilines is 1. The molecular weight excluding hydrogens is 444 g/mol. The third-order valence-corrected chi connectivity index (χ3v) is 7.25. The number of hydrogen-bond donors (Lipinski definition) is 6. The van der Waals surface area contributed by atoms with E-state index >= 15 is 0 Å². The van der Waals surface area contributed by atoms with E-state index in [1.165, 1.54) is 18.5 Å². The molecule has 2 saturated carbocycles. The molecule has 11 heteroatoms. The van der Waals surface area contributed by atoms with Crippen LogP contribution >= 0.6 is 0 Å². The van der Waals surface area contributed by atoms with Crippen molar-refractivity contribution in [3.63, 3.8) is 0 Å². The summed E-state index contributed by atoms with van der Waals surface area (Å²) in [6.45, 7) is 0. The molecule has 2 unspecified atom stereocenters. The molecule has 0 spiro atoms. The lowest BCUT2D eigenvalue weighted by Gasteiger charge is -2.48. The van der Waals surface area contributed by atoms with Crippen molar-refractivity contribution in [1.82, 2.24) is 9.97 Å². The van der Waals surface area contributed by atoms with E-state index < -0.39 is 52.7 Å². The van der Waals surface area contributed by atoms with Gasteiger partial charge in [-0.15, -0.1) is 0 Å². The summed E-state index contributed by atoms with van der Waals surface area (Å²) in [7, 11) is 0. The van der Waals surface area contributed by atoms with E-state index in [1.807, 2.05) is 0 Å². The number of carbonyl (C=O) groups excluding carboxylic acids is 3. The lowest BCUT2D eigenvalue weighted by Crippen LogP contribution is -2.66. The quantitative estimate of drug-likeness (QED) is 0.316. The zero-order chi connectivity index (χ0) is 24.5. The van der Waals surface area contributed by atoms with E-state index in [4.69, 9.17) is 11.5 Å². The van der Waals surface area contributed by atoms with Crippen LogP contribution < -0.4 is 11.5 Å². The van der Waals surface area contributed by atoms with Crippen LogP contribution in [0.1, 0.15) is 24.0 Å². The smallest absolute Gasteiger partial charge is 0.230 e. The number of aromatic hydroxyl groups is 1. The van der Waals surface area contributed by atoms with E-state index in [0.717, 1.165) is 0 Å². The topological polar surface area (TPSA) is 210 Å². The van der Waals surface area contributed by atoms with Crippen molar-refractivity contribution in [3.8, 4) is 16.9 Å². The first-order valence-electron chi connectivity index (χ1n) is 10.7. The van der Waals surface area contributed by atoms with Gasteiger partial charge in [0.2, 0.25) is 17.6 Å². The molecule has 2 fully saturated rings. The van der Waals surface area contributed by atoms with E-state index in [9.17, 15) is 34.8 Å². The van der Waals surface area contributed by atoms with Crippen LogP contribution in [0, 0.1) is 17.8 Å². The molecule has 0 saturated heterocycles. The van der Waals surface area contributed by atoms with Gasteiger partial charge >= 0.3 is 0 Å². The zero-order valence-corrected chi connectivity index (χ0v) is 17.8. The second kappa shape index (κ2) is 7.34. The van der Waals surface area contributed by atoms with Gasteiger partial charge in [0.15, 0.2) is 11.4 Å². The normalized spacial score (nSPS) is 30.4. The minimum absolute atomic E-state index is 0.00530. The van der Waals surface area contributed by atoms with Gasteiger partial charge in [-0.25, -0.2) is 9.97 Å². The van der Waals surface area contributed by atoms with Gasteiger partial charge in [0.05, 0.1) is 11.7 Å². The van der Waals surface area contributed by atoms with Crippen LogP contribution in [-0.2, 0) is 20.8 Å². The Balaban J connectivity index is 1.66. The van der Waals surface area contributed by atoms with Crippen LogP contribution in [0.4, 0.5) is 5.95 Å². The van der Waals surface area contributed by atoms with Crippen molar-refractivity contribution in [2.45, 2.75) is 31.0 Å². The molecule has 1 aromatic heterocycles. The van der Waals surface area contributed by atoms with E-state index in [1.54, 1.807) is 6.07 Å². The molecule has 0 aliphatic heterocycles. The number of fused-ring (bicyclic) bond motifs is 3. The number of nitrogens with two attached hydrogens (primary N) is 2. The number of amides is 1. The molecule has 1 amide bonds. The number of phenolic OH excluding ortho intramolecular Hbond substituents is 1. The molecule has 0 radical (unpaired) electrons. The number of benzene rings is 1. The SMILES string of the molecule is NC(=O)C1C(=O)[C@@]2(O)C(=O)C3=C(O)c4c(O)ccc(-c5cnc(N)nc5)c4C[C@H]3C[C@H]2CC1O. The van der Waals surface area contributed by atoms with Gasteiger partial charge < -0.3 is 31.9 Å². The molecular formula is C23H22N4O7. The first-order valence-corrected chi connectivity index (χ1v) is 10.7. The van der Waals surface area contributed by atoms with Crippen molar-refractivity contribution in [3.05, 3.63) is 41.2 Å². The van der Waals surface area contributed by atoms with Crippen LogP contribution in [0.25, 0.3) is 16.9 Å². The van der Waals surface area contributed by atoms with Crippen molar-refractivity contribution in [2.24, 2.45) is 23.5 Å². The summed E-state index contributed by atoms with van der Waals surface area (Å²) in [6.07, 6.45) is 1.67. The van der Waals surface area contributed by atoms with Gasteiger partial charge in [0, 0.05) is 29.4 Å². The number of phenols is 1. The largest absolute Gasteiger partial charge is 0.507 e. The molecule has 176 valence electrons. The van der Waals surface area contributed by atoms with E-state index in [-0.39, 0.29) is 42.1 Å². The fourth-order valence-electron chi connectivity index (χ4n) is 5.67. The number of aromatic nitrogens is 2. The predicted molar refractivity (Wildman–Crippen MR) is 117 cm³/mol. The number of nitrogens with zero attached hydrogens (tertiary/aromatic N) is 2. The van der Waals surface area contributed by atoms with Gasteiger partial charge in [0.1, 0.15) is 17.4 Å². The van der Waals surface area contributed by atoms with Crippen molar-refractivity contribution in [1.29, 1.82) is 0 Å². The van der Waals surface area contributed by atoms with Gasteiger partial charge in [-0.3, -0.25) is 14.4 Å². The number of primary amides is 1. The second-order valence-corrected chi connectivity index (χ2v) is 9.05. The minimum Gasteiger partial charge on any atom is -0.507 e. The molecule has 8 N–H and O–H groups in total. The molecule has 5 rings (SSSR count). The number of aliphatic hydroxyl groups is 3. The lowest BCUT2D eigenvalue weighted by molar-refractivity contribution is -0.174. The lowest BCUT2D eigenvalue weighted by atomic mass is 9.56. The number of hydrogen-bond acceptors (Lipinski definition) is 10. The maximum absolute atomic E-state index is 13.5. The summed E-state index contributed by atoms with van der Waals surface area (Å²) in [5.41, 5.74) is 9.75. The van der Waals surface area contributed by atoms with Crippen molar-refractivity contribution < 1.29 is 34.8 Å². The average molecular weight is 466 g/mol. The number of rotatable bonds is 2. The maximum atomic E-state index is 13.5. The van der Waals surface area contributed by atoms with Crippen molar-refractivity contribution >= 4 is 29.2 Å². The van der Waals surface area contributed by atoms with E-state index in [0.29, 0.717) is 16.7 Å². The highest BCUT2D eigenvalue weighted by Gasteiger charge is 2.63. The highest BCUT2D eigenvalue weighted by molar-refractivity contribution is 6.24. The monoisotopic (exact) mass is 466 g/mol. The summed E-state index contributed by atoms with van der Waals surface area (Å²) in [4.78, 5) is 46.2. The molecule has 0 bridgehead atoms. The van der Waals surface area contributed by atoms with Crippen LogP contribution in [0.3, 0.4) is 0 Å². The third kappa shape index (κ3) is 2.87. The number of Topliss-reactive ketones (excluding diaryl/α,β-unsaturated/α-hetero) is 2. The Morgan fingerprint density at radius 2 is 1.79 bits per heavy atom. The number of aliphatic hydroxyl groups excluding tert-OH is 2. The van der Waals surface area contributed by atoms with Gasteiger partial charge in [-0.2, -0.15) is 0 Å². The summed E-state index contributed by atoms with van der Waals surface area (Å²) < 4.78 is 0. The van der Waals surface area contributed by atoms with E-state index in [2.05, 4.69) is 9.97 Å². The molecule has 3 aliphatic rings. The summed E-state index contributed by atoms with van der Waals surface area (Å²) in [6, 6.07) is 2.98. The fraction of sp³-hybridized carbons (Fsp3) is 0.348. The Kier molecular flexibility index (Phi) is 4.74. The third-order valence-electron chi connectivity index (χ3n) is 7.25. The molecule has 1 aromatic carbocycles. The fourth-order valence-corrected chi connectivity index (χ4v) is 5.67. The molecule has 11 nitrogen and oxygen atoms in total. The number of carbonyl (C=O) groups is 3. The number of ketones is 2. The Morgan fingerprint density at radius 1 is 1.12 bits per heavy atom. The predicted octanol–water partition coefficient (Wildman–Crippen LogP) is -0.372. The second-order valence-electron chi connectivity index (χ2n) is 9.05. The molecule has 2 aromatic rings. The summed E-state index contributed by atoms with van der Waals surface area (Å²) in [5, 5.41) is 43.2. The van der Waals surface area contributed by atoms with Crippen LogP contribution in [0.2, 0.25) is 0 Å². The first kappa shape index (κ1) is 22.0. The van der Waals surface area contributed by atoms with Crippen LogP contribution in [0.15, 0.2) is 30.1 Å². The Hall–Kier alpha value is -3.83. The first-order chi connectivity index (χ1) is 16.1. The van der Waals surface area contributed by atoms with Crippen LogP contribution in [-0.4, -0.2) is 59.6 Å². The maximum Gasteiger partial charge on any atom is 0.230 e.